The Labute approximate surface area is 205 Å². The van der Waals surface area contributed by atoms with Crippen molar-refractivity contribution >= 4 is 63.8 Å². The molecule has 1 heterocycles. The molecule has 0 unspecified atom stereocenters. The normalized spacial score (nSPS) is 13.3. The number of hydrogen-bond acceptors (Lipinski definition) is 5. The topological polar surface area (TPSA) is 95.6 Å². The second-order valence-electron chi connectivity index (χ2n) is 7.41. The van der Waals surface area contributed by atoms with Crippen LogP contribution in [0, 0.1) is 0 Å². The minimum atomic E-state index is -0.666. The van der Waals surface area contributed by atoms with Crippen molar-refractivity contribution < 1.29 is 19.2 Å². The average Bonchev–Trinajstić information content (AvgIpc) is 3.02. The Balaban J connectivity index is 1.47. The zero-order valence-electron chi connectivity index (χ0n) is 17.8. The monoisotopic (exact) mass is 493 g/mol. The molecule has 3 amide bonds. The molecule has 0 fully saturated rings. The number of amides is 3. The van der Waals surface area contributed by atoms with Crippen molar-refractivity contribution in [3.63, 3.8) is 0 Å². The van der Waals surface area contributed by atoms with Gasteiger partial charge in [0, 0.05) is 27.5 Å². The fourth-order valence-corrected chi connectivity index (χ4v) is 3.73. The Bertz CT molecular complexity index is 1370. The first-order valence-corrected chi connectivity index (χ1v) is 10.8. The Kier molecular flexibility index (Phi) is 6.49. The standard InChI is InChI=1S/C25H17Cl2N3O4/c1-14(31)16-4-2-6-19(12-16)29-23(32)15-8-10-18(11-9-15)28-22-21(27)24(33)30(25(22)34)20-7-3-5-17(26)13-20/h2-13,28H,1H3,(H,29,32). The van der Waals surface area contributed by atoms with Crippen LogP contribution in [0.15, 0.2) is 83.5 Å². The number of nitrogens with zero attached hydrogens (tertiary/aromatic N) is 1. The van der Waals surface area contributed by atoms with Crippen molar-refractivity contribution in [1.82, 2.24) is 0 Å². The number of rotatable bonds is 6. The number of ketones is 1. The molecule has 3 aromatic rings. The highest BCUT2D eigenvalue weighted by molar-refractivity contribution is 6.53. The highest BCUT2D eigenvalue weighted by Gasteiger charge is 2.39. The Hall–Kier alpha value is -3.94. The summed E-state index contributed by atoms with van der Waals surface area (Å²) in [5.41, 5.74) is 2.02. The van der Waals surface area contributed by atoms with Crippen LogP contribution in [0.5, 0.6) is 0 Å². The van der Waals surface area contributed by atoms with Gasteiger partial charge in [-0.25, -0.2) is 4.90 Å². The van der Waals surface area contributed by atoms with E-state index in [0.717, 1.165) is 4.90 Å². The van der Waals surface area contributed by atoms with E-state index >= 15 is 0 Å². The summed E-state index contributed by atoms with van der Waals surface area (Å²) in [5, 5.41) is 5.71. The van der Waals surface area contributed by atoms with Crippen LogP contribution in [0.25, 0.3) is 0 Å². The van der Waals surface area contributed by atoms with Gasteiger partial charge in [-0.05, 0) is 61.5 Å². The van der Waals surface area contributed by atoms with Crippen LogP contribution in [0.1, 0.15) is 27.6 Å². The third kappa shape index (κ3) is 4.71. The first kappa shape index (κ1) is 23.2. The van der Waals surface area contributed by atoms with E-state index in [1.807, 2.05) is 0 Å². The molecule has 0 radical (unpaired) electrons. The lowest BCUT2D eigenvalue weighted by molar-refractivity contribution is -0.120. The van der Waals surface area contributed by atoms with Crippen molar-refractivity contribution in [3.05, 3.63) is 99.7 Å². The van der Waals surface area contributed by atoms with Crippen molar-refractivity contribution in [2.45, 2.75) is 6.92 Å². The summed E-state index contributed by atoms with van der Waals surface area (Å²) in [6.07, 6.45) is 0. The van der Waals surface area contributed by atoms with E-state index in [0.29, 0.717) is 33.2 Å². The number of nitrogens with one attached hydrogen (secondary N) is 2. The second-order valence-corrected chi connectivity index (χ2v) is 8.22. The molecule has 1 aliphatic rings. The Morgan fingerprint density at radius 2 is 1.50 bits per heavy atom. The molecule has 0 bridgehead atoms. The van der Waals surface area contributed by atoms with Gasteiger partial charge in [0.25, 0.3) is 17.7 Å². The second kappa shape index (κ2) is 9.51. The van der Waals surface area contributed by atoms with Gasteiger partial charge in [0.15, 0.2) is 5.78 Å². The summed E-state index contributed by atoms with van der Waals surface area (Å²) in [6.45, 7) is 1.45. The van der Waals surface area contributed by atoms with Gasteiger partial charge >= 0.3 is 0 Å². The molecule has 0 saturated carbocycles. The van der Waals surface area contributed by atoms with E-state index in [-0.39, 0.29) is 22.4 Å². The average molecular weight is 494 g/mol. The smallest absolute Gasteiger partial charge is 0.283 e. The van der Waals surface area contributed by atoms with Crippen LogP contribution in [-0.2, 0) is 9.59 Å². The van der Waals surface area contributed by atoms with E-state index in [9.17, 15) is 19.2 Å². The fraction of sp³-hybridized carbons (Fsp3) is 0.0400. The van der Waals surface area contributed by atoms with Gasteiger partial charge in [0.05, 0.1) is 5.69 Å². The molecule has 7 nitrogen and oxygen atoms in total. The molecule has 1 aliphatic heterocycles. The van der Waals surface area contributed by atoms with Crippen molar-refractivity contribution in [1.29, 1.82) is 0 Å². The number of hydrogen-bond donors (Lipinski definition) is 2. The van der Waals surface area contributed by atoms with Gasteiger partial charge in [-0.1, -0.05) is 41.4 Å². The summed E-state index contributed by atoms with van der Waals surface area (Å²) in [6, 6.07) is 19.2. The van der Waals surface area contributed by atoms with Gasteiger partial charge in [-0.15, -0.1) is 0 Å². The lowest BCUT2D eigenvalue weighted by atomic mass is 10.1. The third-order valence-electron chi connectivity index (χ3n) is 5.04. The predicted octanol–water partition coefficient (Wildman–Crippen LogP) is 5.23. The Morgan fingerprint density at radius 3 is 2.18 bits per heavy atom. The van der Waals surface area contributed by atoms with Gasteiger partial charge in [0.2, 0.25) is 0 Å². The minimum Gasteiger partial charge on any atom is -0.350 e. The van der Waals surface area contributed by atoms with E-state index < -0.39 is 11.8 Å². The minimum absolute atomic E-state index is 0.0788. The third-order valence-corrected chi connectivity index (χ3v) is 5.62. The molecule has 4 rings (SSSR count). The molecule has 0 saturated heterocycles. The summed E-state index contributed by atoms with van der Waals surface area (Å²) in [7, 11) is 0. The number of carbonyl (C=O) groups excluding carboxylic acids is 4. The van der Waals surface area contributed by atoms with Crippen LogP contribution in [-0.4, -0.2) is 23.5 Å². The van der Waals surface area contributed by atoms with E-state index in [1.165, 1.54) is 13.0 Å². The molecule has 0 aromatic heterocycles. The Morgan fingerprint density at radius 1 is 0.794 bits per heavy atom. The van der Waals surface area contributed by atoms with E-state index in [1.54, 1.807) is 66.7 Å². The maximum atomic E-state index is 12.9. The van der Waals surface area contributed by atoms with Crippen LogP contribution >= 0.6 is 23.2 Å². The summed E-state index contributed by atoms with van der Waals surface area (Å²) < 4.78 is 0. The molecule has 2 N–H and O–H groups in total. The highest BCUT2D eigenvalue weighted by atomic mass is 35.5. The van der Waals surface area contributed by atoms with Crippen molar-refractivity contribution in [2.24, 2.45) is 0 Å². The van der Waals surface area contributed by atoms with Crippen LogP contribution in [0.2, 0.25) is 5.02 Å². The number of anilines is 3. The number of benzene rings is 3. The molecule has 9 heteroatoms. The zero-order chi connectivity index (χ0) is 24.4. The molecule has 3 aromatic carbocycles. The van der Waals surface area contributed by atoms with Crippen LogP contribution < -0.4 is 15.5 Å². The predicted molar refractivity (Wildman–Crippen MR) is 131 cm³/mol. The SMILES string of the molecule is CC(=O)c1cccc(NC(=O)c2ccc(NC3=C(Cl)C(=O)N(c4cccc(Cl)c4)C3=O)cc2)c1. The highest BCUT2D eigenvalue weighted by Crippen LogP contribution is 2.31. The molecular weight excluding hydrogens is 477 g/mol. The molecule has 170 valence electrons. The lowest BCUT2D eigenvalue weighted by Gasteiger charge is -2.15. The summed E-state index contributed by atoms with van der Waals surface area (Å²) in [4.78, 5) is 50.5. The van der Waals surface area contributed by atoms with E-state index in [4.69, 9.17) is 23.2 Å². The van der Waals surface area contributed by atoms with Gasteiger partial charge < -0.3 is 10.6 Å². The van der Waals surface area contributed by atoms with Crippen molar-refractivity contribution in [2.75, 3.05) is 15.5 Å². The van der Waals surface area contributed by atoms with Crippen LogP contribution in [0.4, 0.5) is 17.1 Å². The molecule has 0 atom stereocenters. The first-order chi connectivity index (χ1) is 16.2. The zero-order valence-corrected chi connectivity index (χ0v) is 19.3. The fourth-order valence-electron chi connectivity index (χ4n) is 3.33. The van der Waals surface area contributed by atoms with Gasteiger partial charge in [-0.3, -0.25) is 19.2 Å². The molecule has 0 aliphatic carbocycles. The first-order valence-electron chi connectivity index (χ1n) is 10.1. The van der Waals surface area contributed by atoms with E-state index in [2.05, 4.69) is 10.6 Å². The lowest BCUT2D eigenvalue weighted by Crippen LogP contribution is -2.32. The number of halogens is 2. The quantitative estimate of drug-likeness (QED) is 0.362. The maximum absolute atomic E-state index is 12.9. The number of carbonyl (C=O) groups is 4. The summed E-state index contributed by atoms with van der Waals surface area (Å²) in [5.74, 6) is -1.76. The van der Waals surface area contributed by atoms with Gasteiger partial charge in [-0.2, -0.15) is 0 Å². The number of imide groups is 1. The largest absolute Gasteiger partial charge is 0.350 e. The van der Waals surface area contributed by atoms with Crippen LogP contribution in [0.3, 0.4) is 0 Å². The molecule has 34 heavy (non-hydrogen) atoms. The van der Waals surface area contributed by atoms with Crippen molar-refractivity contribution in [3.8, 4) is 0 Å². The molecule has 0 spiro atoms. The van der Waals surface area contributed by atoms with Gasteiger partial charge in [0.1, 0.15) is 10.7 Å². The number of Topliss-reactive ketones (excluding diaryl/α,β-unsaturated/α-hetero) is 1. The summed E-state index contributed by atoms with van der Waals surface area (Å²) >= 11 is 12.1. The maximum Gasteiger partial charge on any atom is 0.283 e. The molecular formula is C25H17Cl2N3O4.